The van der Waals surface area contributed by atoms with E-state index in [-0.39, 0.29) is 12.3 Å². The largest absolute Gasteiger partial charge is 0.483 e. The number of thioether (sulfide) groups is 2. The molecule has 17 heteroatoms. The van der Waals surface area contributed by atoms with E-state index in [0.717, 1.165) is 0 Å². The van der Waals surface area contributed by atoms with Crippen molar-refractivity contribution in [1.29, 1.82) is 0 Å². The number of hydrogen-bond acceptors (Lipinski definition) is 12. The van der Waals surface area contributed by atoms with Crippen molar-refractivity contribution in [3.05, 3.63) is 41.1 Å². The minimum Gasteiger partial charge on any atom is -0.483 e. The molecule has 0 aliphatic carbocycles. The third-order valence-electron chi connectivity index (χ3n) is 5.27. The molecule has 0 saturated carbocycles. The van der Waals surface area contributed by atoms with Crippen LogP contribution in [0.4, 0.5) is 0 Å². The van der Waals surface area contributed by atoms with Gasteiger partial charge in [0, 0.05) is 24.1 Å². The number of β-lactam (4-membered cyclic amide) rings is 1. The predicted octanol–water partition coefficient (Wildman–Crippen LogP) is -1.04. The van der Waals surface area contributed by atoms with Crippen LogP contribution in [0, 0.1) is 0 Å². The second-order valence-corrected chi connectivity index (χ2v) is 9.93. The lowest BCUT2D eigenvalue weighted by molar-refractivity contribution is -0.150. The molecule has 3 amide bonds. The molecule has 2 atom stereocenters. The SMILES string of the molecule is Cn1nnnc1SCC1=C(C(=O)O)N2C(=O)[C@@H](NC(=O)COc3ccccc3/C=N/OCC(N)=O)[C@H]2SC1. The molecule has 2 aromatic rings. The lowest BCUT2D eigenvalue weighted by Gasteiger charge is -2.49. The first-order valence-electron chi connectivity index (χ1n) is 11.0. The summed E-state index contributed by atoms with van der Waals surface area (Å²) in [5.41, 5.74) is 5.94. The Morgan fingerprint density at radius 1 is 1.34 bits per heavy atom. The van der Waals surface area contributed by atoms with Crippen molar-refractivity contribution in [1.82, 2.24) is 30.4 Å². The quantitative estimate of drug-likeness (QED) is 0.123. The van der Waals surface area contributed by atoms with Crippen LogP contribution < -0.4 is 15.8 Å². The smallest absolute Gasteiger partial charge is 0.352 e. The van der Waals surface area contributed by atoms with Crippen LogP contribution in [0.25, 0.3) is 0 Å². The van der Waals surface area contributed by atoms with Crippen molar-refractivity contribution in [2.45, 2.75) is 16.6 Å². The number of hydrogen-bond donors (Lipinski definition) is 3. The summed E-state index contributed by atoms with van der Waals surface area (Å²) >= 11 is 2.62. The molecule has 0 radical (unpaired) electrons. The van der Waals surface area contributed by atoms with Gasteiger partial charge in [-0.05, 0) is 28.1 Å². The van der Waals surface area contributed by atoms with E-state index >= 15 is 0 Å². The molecule has 4 rings (SSSR count). The molecular formula is C21H22N8O7S2. The van der Waals surface area contributed by atoms with Crippen LogP contribution in [0.3, 0.4) is 0 Å². The molecule has 0 bridgehead atoms. The minimum absolute atomic E-state index is 0.0881. The fourth-order valence-electron chi connectivity index (χ4n) is 3.56. The standard InChI is InChI=1S/C21H22N8O7S2/c1-28-21(25-26-27-28)38-10-12-9-37-19-16(18(32)29(19)17(12)20(33)34)24-15(31)8-35-13-5-3-2-4-11(13)6-23-36-7-14(22)30/h2-6,16,19H,7-10H2,1H3,(H2,22,30)(H,24,31)(H,33,34)/b23-6+/t16-,19-/m1/s1. The Hall–Kier alpha value is -4.12. The number of aromatic nitrogens is 4. The van der Waals surface area contributed by atoms with E-state index in [1.807, 2.05) is 0 Å². The fraction of sp³-hybridized carbons (Fsp3) is 0.333. The van der Waals surface area contributed by atoms with Gasteiger partial charge in [0.05, 0.1) is 6.21 Å². The van der Waals surface area contributed by atoms with Crippen molar-refractivity contribution >= 4 is 53.4 Å². The molecule has 200 valence electrons. The number of primary amides is 1. The van der Waals surface area contributed by atoms with Gasteiger partial charge in [-0.1, -0.05) is 29.1 Å². The number of nitrogens with one attached hydrogen (secondary N) is 1. The highest BCUT2D eigenvalue weighted by Crippen LogP contribution is 2.41. The molecular weight excluding hydrogens is 540 g/mol. The van der Waals surface area contributed by atoms with Gasteiger partial charge in [0.25, 0.3) is 17.7 Å². The van der Waals surface area contributed by atoms with Crippen LogP contribution >= 0.6 is 23.5 Å². The van der Waals surface area contributed by atoms with Gasteiger partial charge in [-0.3, -0.25) is 19.3 Å². The van der Waals surface area contributed by atoms with Crippen LogP contribution in [0.15, 0.2) is 45.8 Å². The molecule has 1 aromatic heterocycles. The summed E-state index contributed by atoms with van der Waals surface area (Å²) in [6, 6.07) is 5.79. The van der Waals surface area contributed by atoms with E-state index in [1.54, 1.807) is 31.3 Å². The van der Waals surface area contributed by atoms with Gasteiger partial charge >= 0.3 is 5.97 Å². The van der Waals surface area contributed by atoms with Crippen LogP contribution in [0.2, 0.25) is 0 Å². The molecule has 1 saturated heterocycles. The zero-order valence-electron chi connectivity index (χ0n) is 19.8. The number of benzene rings is 1. The zero-order valence-corrected chi connectivity index (χ0v) is 21.5. The van der Waals surface area contributed by atoms with Gasteiger partial charge < -0.3 is 25.7 Å². The van der Waals surface area contributed by atoms with Crippen molar-refractivity contribution in [3.8, 4) is 5.75 Å². The number of carbonyl (C=O) groups excluding carboxylic acids is 3. The second kappa shape index (κ2) is 12.0. The van der Waals surface area contributed by atoms with Crippen LogP contribution in [-0.2, 0) is 31.1 Å². The third kappa shape index (κ3) is 6.05. The molecule has 1 aromatic carbocycles. The predicted molar refractivity (Wildman–Crippen MR) is 134 cm³/mol. The Labute approximate surface area is 223 Å². The highest BCUT2D eigenvalue weighted by molar-refractivity contribution is 8.01. The maximum absolute atomic E-state index is 12.9. The van der Waals surface area contributed by atoms with Gasteiger partial charge in [-0.2, -0.15) is 0 Å². The monoisotopic (exact) mass is 562 g/mol. The van der Waals surface area contributed by atoms with E-state index in [9.17, 15) is 24.3 Å². The van der Waals surface area contributed by atoms with E-state index < -0.39 is 41.7 Å². The van der Waals surface area contributed by atoms with Gasteiger partial charge in [-0.15, -0.1) is 16.9 Å². The summed E-state index contributed by atoms with van der Waals surface area (Å²) in [5, 5.41) is 27.2. The lowest BCUT2D eigenvalue weighted by atomic mass is 10.0. The summed E-state index contributed by atoms with van der Waals surface area (Å²) < 4.78 is 7.03. The van der Waals surface area contributed by atoms with E-state index in [1.165, 1.54) is 39.3 Å². The zero-order chi connectivity index (χ0) is 27.2. The number of nitrogens with zero attached hydrogens (tertiary/aromatic N) is 6. The minimum atomic E-state index is -1.22. The number of aliphatic carboxylic acids is 1. The highest BCUT2D eigenvalue weighted by atomic mass is 32.2. The Morgan fingerprint density at radius 3 is 2.84 bits per heavy atom. The number of fused-ring (bicyclic) bond motifs is 1. The number of carbonyl (C=O) groups is 4. The van der Waals surface area contributed by atoms with E-state index in [4.69, 9.17) is 15.3 Å². The Bertz CT molecular complexity index is 1310. The molecule has 38 heavy (non-hydrogen) atoms. The van der Waals surface area contributed by atoms with Gasteiger partial charge in [0.1, 0.15) is 22.9 Å². The first kappa shape index (κ1) is 26.9. The molecule has 4 N–H and O–H groups in total. The maximum Gasteiger partial charge on any atom is 0.352 e. The number of para-hydroxylation sites is 1. The number of aryl methyl sites for hydroxylation is 1. The molecule has 15 nitrogen and oxygen atoms in total. The van der Waals surface area contributed by atoms with Crippen molar-refractivity contribution in [2.75, 3.05) is 24.7 Å². The summed E-state index contributed by atoms with van der Waals surface area (Å²) in [5.74, 6) is -2.00. The molecule has 3 heterocycles. The van der Waals surface area contributed by atoms with Gasteiger partial charge in [-0.25, -0.2) is 9.48 Å². The average molecular weight is 563 g/mol. The number of ether oxygens (including phenoxy) is 1. The number of tetrazole rings is 1. The summed E-state index contributed by atoms with van der Waals surface area (Å²) in [6.45, 7) is -0.783. The highest BCUT2D eigenvalue weighted by Gasteiger charge is 2.54. The summed E-state index contributed by atoms with van der Waals surface area (Å²) in [6.07, 6.45) is 1.30. The topological polar surface area (TPSA) is 204 Å². The van der Waals surface area contributed by atoms with Crippen LogP contribution in [0.5, 0.6) is 5.75 Å². The number of carboxylic acids is 1. The Balaban J connectivity index is 1.34. The first-order valence-corrected chi connectivity index (χ1v) is 13.0. The second-order valence-electron chi connectivity index (χ2n) is 7.89. The van der Waals surface area contributed by atoms with Gasteiger partial charge in [0.15, 0.2) is 13.2 Å². The van der Waals surface area contributed by atoms with E-state index in [0.29, 0.717) is 33.5 Å². The van der Waals surface area contributed by atoms with Crippen molar-refractivity contribution in [3.63, 3.8) is 0 Å². The number of amides is 3. The molecule has 2 aliphatic rings. The number of oxime groups is 1. The Morgan fingerprint density at radius 2 is 2.13 bits per heavy atom. The molecule has 2 aliphatic heterocycles. The van der Waals surface area contributed by atoms with E-state index in [2.05, 4.69) is 26.0 Å². The number of carboxylic acid groups (broad SMARTS) is 1. The normalized spacial score (nSPS) is 18.7. The van der Waals surface area contributed by atoms with Crippen molar-refractivity contribution in [2.24, 2.45) is 17.9 Å². The molecule has 1 fully saturated rings. The Kier molecular flexibility index (Phi) is 8.47. The van der Waals surface area contributed by atoms with Crippen LogP contribution in [-0.4, -0.2) is 96.3 Å². The van der Waals surface area contributed by atoms with Crippen molar-refractivity contribution < 1.29 is 33.9 Å². The number of rotatable bonds is 12. The molecule has 0 unspecified atom stereocenters. The fourth-order valence-corrected chi connectivity index (χ4v) is 5.90. The lowest BCUT2D eigenvalue weighted by Crippen LogP contribution is -2.70. The first-order chi connectivity index (χ1) is 18.3. The summed E-state index contributed by atoms with van der Waals surface area (Å²) in [7, 11) is 1.67. The maximum atomic E-state index is 12.9. The number of nitrogens with two attached hydrogens (primary N) is 1. The summed E-state index contributed by atoms with van der Waals surface area (Å²) in [4.78, 5) is 54.1. The molecule has 0 spiro atoms. The average Bonchev–Trinajstić information content (AvgIpc) is 3.31. The third-order valence-corrected chi connectivity index (χ3v) is 7.71. The van der Waals surface area contributed by atoms with Gasteiger partial charge in [0.2, 0.25) is 5.16 Å². The van der Waals surface area contributed by atoms with Crippen LogP contribution in [0.1, 0.15) is 5.56 Å².